The van der Waals surface area contributed by atoms with Crippen LogP contribution in [0.1, 0.15) is 39.3 Å². The second-order valence-corrected chi connectivity index (χ2v) is 4.63. The lowest BCUT2D eigenvalue weighted by Crippen LogP contribution is -2.40. The second kappa shape index (κ2) is 5.47. The van der Waals surface area contributed by atoms with Gasteiger partial charge in [0.05, 0.1) is 17.8 Å². The zero-order valence-corrected chi connectivity index (χ0v) is 10.5. The van der Waals surface area contributed by atoms with Crippen molar-refractivity contribution in [2.24, 2.45) is 0 Å². The number of nitrogens with zero attached hydrogens (tertiary/aromatic N) is 1. The molecule has 0 unspecified atom stereocenters. The van der Waals surface area contributed by atoms with E-state index in [1.165, 1.54) is 0 Å². The Labute approximate surface area is 95.6 Å². The molecule has 3 nitrogen and oxygen atoms in total. The van der Waals surface area contributed by atoms with E-state index in [0.29, 0.717) is 0 Å². The fourth-order valence-corrected chi connectivity index (χ4v) is 2.36. The SMILES string of the molecule is CCc1csc(NC(CC)(CC)CO)n1. The highest BCUT2D eigenvalue weighted by atomic mass is 32.1. The first-order valence-corrected chi connectivity index (χ1v) is 6.41. The van der Waals surface area contributed by atoms with Crippen LogP contribution in [0.15, 0.2) is 5.38 Å². The Kier molecular flexibility index (Phi) is 4.54. The summed E-state index contributed by atoms with van der Waals surface area (Å²) in [6.45, 7) is 6.42. The average Bonchev–Trinajstić information content (AvgIpc) is 2.73. The van der Waals surface area contributed by atoms with E-state index in [1.807, 2.05) is 0 Å². The summed E-state index contributed by atoms with van der Waals surface area (Å²) < 4.78 is 0. The van der Waals surface area contributed by atoms with Crippen LogP contribution < -0.4 is 5.32 Å². The highest BCUT2D eigenvalue weighted by Crippen LogP contribution is 2.24. The number of thiazole rings is 1. The van der Waals surface area contributed by atoms with Crippen LogP contribution >= 0.6 is 11.3 Å². The number of hydrogen-bond acceptors (Lipinski definition) is 4. The van der Waals surface area contributed by atoms with Crippen LogP contribution in [0.2, 0.25) is 0 Å². The summed E-state index contributed by atoms with van der Waals surface area (Å²) in [6.07, 6.45) is 2.77. The van der Waals surface area contributed by atoms with Gasteiger partial charge in [0.2, 0.25) is 0 Å². The molecule has 0 radical (unpaired) electrons. The van der Waals surface area contributed by atoms with E-state index in [0.717, 1.165) is 30.1 Å². The number of rotatable bonds is 6. The van der Waals surface area contributed by atoms with Crippen LogP contribution in [0.5, 0.6) is 0 Å². The maximum Gasteiger partial charge on any atom is 0.183 e. The summed E-state index contributed by atoms with van der Waals surface area (Å²) in [5, 5.41) is 15.8. The number of aryl methyl sites for hydroxylation is 1. The third-order valence-corrected chi connectivity index (χ3v) is 3.75. The smallest absolute Gasteiger partial charge is 0.183 e. The van der Waals surface area contributed by atoms with E-state index in [4.69, 9.17) is 0 Å². The zero-order chi connectivity index (χ0) is 11.3. The van der Waals surface area contributed by atoms with Gasteiger partial charge in [-0.25, -0.2) is 4.98 Å². The molecule has 0 aliphatic rings. The highest BCUT2D eigenvalue weighted by Gasteiger charge is 2.25. The van der Waals surface area contributed by atoms with Gasteiger partial charge in [0.1, 0.15) is 0 Å². The summed E-state index contributed by atoms with van der Waals surface area (Å²) in [7, 11) is 0. The summed E-state index contributed by atoms with van der Waals surface area (Å²) in [6, 6.07) is 0. The lowest BCUT2D eigenvalue weighted by molar-refractivity contribution is 0.202. The molecule has 0 amide bonds. The van der Waals surface area contributed by atoms with Gasteiger partial charge >= 0.3 is 0 Å². The van der Waals surface area contributed by atoms with Crippen molar-refractivity contribution in [2.75, 3.05) is 11.9 Å². The molecule has 1 heterocycles. The summed E-state index contributed by atoms with van der Waals surface area (Å²) >= 11 is 1.61. The standard InChI is InChI=1S/C11H20N2OS/c1-4-9-7-15-10(12-9)13-11(5-2,6-3)8-14/h7,14H,4-6,8H2,1-3H3,(H,12,13). The molecule has 1 aromatic heterocycles. The van der Waals surface area contributed by atoms with E-state index in [2.05, 4.69) is 36.5 Å². The summed E-state index contributed by atoms with van der Waals surface area (Å²) in [5.74, 6) is 0. The molecule has 1 rings (SSSR count). The van der Waals surface area contributed by atoms with Crippen molar-refractivity contribution in [1.82, 2.24) is 4.98 Å². The maximum absolute atomic E-state index is 9.42. The Morgan fingerprint density at radius 1 is 1.40 bits per heavy atom. The van der Waals surface area contributed by atoms with Gasteiger partial charge in [-0.05, 0) is 19.3 Å². The first-order chi connectivity index (χ1) is 7.19. The number of anilines is 1. The van der Waals surface area contributed by atoms with Crippen LogP contribution in [0, 0.1) is 0 Å². The van der Waals surface area contributed by atoms with Gasteiger partial charge < -0.3 is 10.4 Å². The molecule has 0 bridgehead atoms. The minimum Gasteiger partial charge on any atom is -0.394 e. The van der Waals surface area contributed by atoms with Gasteiger partial charge in [-0.2, -0.15) is 0 Å². The molecule has 0 saturated carbocycles. The van der Waals surface area contributed by atoms with E-state index < -0.39 is 0 Å². The number of hydrogen-bond donors (Lipinski definition) is 2. The summed E-state index contributed by atoms with van der Waals surface area (Å²) in [5.41, 5.74) is 0.907. The average molecular weight is 228 g/mol. The largest absolute Gasteiger partial charge is 0.394 e. The Bertz CT molecular complexity index is 286. The normalized spacial score (nSPS) is 11.7. The van der Waals surface area contributed by atoms with Crippen molar-refractivity contribution in [2.45, 2.75) is 45.6 Å². The highest BCUT2D eigenvalue weighted by molar-refractivity contribution is 7.13. The van der Waals surface area contributed by atoms with Gasteiger partial charge in [0.15, 0.2) is 5.13 Å². The minimum absolute atomic E-state index is 0.154. The monoisotopic (exact) mass is 228 g/mol. The van der Waals surface area contributed by atoms with Crippen LogP contribution in [0.4, 0.5) is 5.13 Å². The topological polar surface area (TPSA) is 45.1 Å². The van der Waals surface area contributed by atoms with E-state index in [1.54, 1.807) is 11.3 Å². The molecule has 0 aliphatic heterocycles. The van der Waals surface area contributed by atoms with Crippen molar-refractivity contribution >= 4 is 16.5 Å². The molecule has 0 aromatic carbocycles. The van der Waals surface area contributed by atoms with Gasteiger partial charge in [-0.15, -0.1) is 11.3 Å². The molecule has 86 valence electrons. The molecule has 0 fully saturated rings. The lowest BCUT2D eigenvalue weighted by atomic mass is 9.94. The molecule has 0 atom stereocenters. The van der Waals surface area contributed by atoms with Crippen LogP contribution in [0.25, 0.3) is 0 Å². The fourth-order valence-electron chi connectivity index (χ4n) is 1.44. The van der Waals surface area contributed by atoms with Crippen molar-refractivity contribution in [3.8, 4) is 0 Å². The second-order valence-electron chi connectivity index (χ2n) is 3.77. The molecule has 2 N–H and O–H groups in total. The van der Waals surface area contributed by atoms with Crippen LogP contribution in [-0.2, 0) is 6.42 Å². The Hall–Kier alpha value is -0.610. The van der Waals surface area contributed by atoms with Crippen molar-refractivity contribution in [1.29, 1.82) is 0 Å². The number of aromatic nitrogens is 1. The number of aliphatic hydroxyl groups excluding tert-OH is 1. The van der Waals surface area contributed by atoms with Gasteiger partial charge in [-0.1, -0.05) is 20.8 Å². The van der Waals surface area contributed by atoms with Crippen LogP contribution in [0.3, 0.4) is 0 Å². The Morgan fingerprint density at radius 2 is 2.07 bits per heavy atom. The van der Waals surface area contributed by atoms with E-state index in [-0.39, 0.29) is 12.1 Å². The van der Waals surface area contributed by atoms with E-state index >= 15 is 0 Å². The molecule has 0 saturated heterocycles. The quantitative estimate of drug-likeness (QED) is 0.787. The predicted molar refractivity (Wildman–Crippen MR) is 65.5 cm³/mol. The van der Waals surface area contributed by atoms with Gasteiger partial charge in [0, 0.05) is 5.38 Å². The molecular weight excluding hydrogens is 208 g/mol. The predicted octanol–water partition coefficient (Wildman–Crippen LogP) is 2.67. The molecular formula is C11H20N2OS. The van der Waals surface area contributed by atoms with Crippen LogP contribution in [-0.4, -0.2) is 22.2 Å². The minimum atomic E-state index is -0.205. The fraction of sp³-hybridized carbons (Fsp3) is 0.727. The third-order valence-electron chi connectivity index (χ3n) is 2.94. The van der Waals surface area contributed by atoms with Crippen molar-refractivity contribution < 1.29 is 5.11 Å². The Balaban J connectivity index is 2.73. The lowest BCUT2D eigenvalue weighted by Gasteiger charge is -2.30. The van der Waals surface area contributed by atoms with Gasteiger partial charge in [0.25, 0.3) is 0 Å². The number of aliphatic hydroxyl groups is 1. The molecule has 1 aromatic rings. The molecule has 0 spiro atoms. The maximum atomic E-state index is 9.42. The first kappa shape index (κ1) is 12.5. The molecule has 4 heteroatoms. The summed E-state index contributed by atoms with van der Waals surface area (Å²) in [4.78, 5) is 4.45. The molecule has 0 aliphatic carbocycles. The third kappa shape index (κ3) is 2.92. The van der Waals surface area contributed by atoms with E-state index in [9.17, 15) is 5.11 Å². The van der Waals surface area contributed by atoms with Crippen molar-refractivity contribution in [3.63, 3.8) is 0 Å². The number of nitrogens with one attached hydrogen (secondary N) is 1. The zero-order valence-electron chi connectivity index (χ0n) is 9.71. The first-order valence-electron chi connectivity index (χ1n) is 5.53. The van der Waals surface area contributed by atoms with Crippen molar-refractivity contribution in [3.05, 3.63) is 11.1 Å². The Morgan fingerprint density at radius 3 is 2.47 bits per heavy atom. The molecule has 15 heavy (non-hydrogen) atoms. The van der Waals surface area contributed by atoms with Gasteiger partial charge in [-0.3, -0.25) is 0 Å².